The minimum atomic E-state index is -0.272. The third-order valence-corrected chi connectivity index (χ3v) is 4.95. The number of ether oxygens (including phenoxy) is 2. The van der Waals surface area contributed by atoms with Gasteiger partial charge in [-0.3, -0.25) is 4.79 Å². The van der Waals surface area contributed by atoms with Crippen LogP contribution in [0.15, 0.2) is 54.6 Å². The van der Waals surface area contributed by atoms with Gasteiger partial charge < -0.3 is 14.8 Å². The molecule has 3 rings (SSSR count). The van der Waals surface area contributed by atoms with Gasteiger partial charge in [-0.25, -0.2) is 0 Å². The molecule has 0 spiro atoms. The first-order chi connectivity index (χ1) is 12.0. The Labute approximate surface area is 149 Å². The number of carbonyl (C=O) groups excluding carboxylic acids is 1. The van der Waals surface area contributed by atoms with Gasteiger partial charge in [0.25, 0.3) is 0 Å². The molecule has 0 amide bonds. The van der Waals surface area contributed by atoms with E-state index in [1.165, 1.54) is 18.2 Å². The van der Waals surface area contributed by atoms with Gasteiger partial charge in [0.15, 0.2) is 0 Å². The SMILES string of the molecule is COC(=O)[C@H]1C[C@@H](Oc2ccc(C(C)(C)c3ccccc3)cc2)CN1. The van der Waals surface area contributed by atoms with Crippen molar-refractivity contribution in [1.82, 2.24) is 5.32 Å². The van der Waals surface area contributed by atoms with E-state index in [2.05, 4.69) is 55.6 Å². The van der Waals surface area contributed by atoms with Crippen molar-refractivity contribution in [1.29, 1.82) is 0 Å². The lowest BCUT2D eigenvalue weighted by Gasteiger charge is -2.26. The summed E-state index contributed by atoms with van der Waals surface area (Å²) in [5.41, 5.74) is 2.46. The Balaban J connectivity index is 1.66. The van der Waals surface area contributed by atoms with Crippen LogP contribution in [-0.4, -0.2) is 31.8 Å². The monoisotopic (exact) mass is 339 g/mol. The van der Waals surface area contributed by atoms with Crippen molar-refractivity contribution < 1.29 is 14.3 Å². The molecular weight excluding hydrogens is 314 g/mol. The molecule has 0 bridgehead atoms. The Kier molecular flexibility index (Phi) is 5.09. The Hall–Kier alpha value is -2.33. The van der Waals surface area contributed by atoms with Gasteiger partial charge in [0, 0.05) is 18.4 Å². The minimum absolute atomic E-state index is 0.0166. The molecule has 1 aliphatic heterocycles. The highest BCUT2D eigenvalue weighted by Gasteiger charge is 2.31. The van der Waals surface area contributed by atoms with Crippen LogP contribution in [0.5, 0.6) is 5.75 Å². The van der Waals surface area contributed by atoms with Crippen molar-refractivity contribution in [3.8, 4) is 5.75 Å². The van der Waals surface area contributed by atoms with Crippen LogP contribution in [-0.2, 0) is 14.9 Å². The summed E-state index contributed by atoms with van der Waals surface area (Å²) in [6.45, 7) is 5.09. The zero-order valence-electron chi connectivity index (χ0n) is 15.0. The van der Waals surface area contributed by atoms with E-state index in [-0.39, 0.29) is 23.5 Å². The van der Waals surface area contributed by atoms with Gasteiger partial charge in [0.2, 0.25) is 0 Å². The molecule has 0 aromatic heterocycles. The maximum Gasteiger partial charge on any atom is 0.323 e. The predicted octanol–water partition coefficient (Wildman–Crippen LogP) is 3.29. The number of hydrogen-bond acceptors (Lipinski definition) is 4. The molecule has 2 atom stereocenters. The Morgan fingerprint density at radius 1 is 1.04 bits per heavy atom. The molecular formula is C21H25NO3. The molecule has 0 saturated carbocycles. The summed E-state index contributed by atoms with van der Waals surface area (Å²) in [6, 6.07) is 18.4. The third kappa shape index (κ3) is 3.85. The van der Waals surface area contributed by atoms with E-state index in [1.54, 1.807) is 0 Å². The summed E-state index contributed by atoms with van der Waals surface area (Å²) in [5, 5.41) is 3.14. The fourth-order valence-electron chi connectivity index (χ4n) is 3.28. The van der Waals surface area contributed by atoms with Crippen LogP contribution in [0.3, 0.4) is 0 Å². The lowest BCUT2D eigenvalue weighted by molar-refractivity contribution is -0.142. The van der Waals surface area contributed by atoms with Crippen molar-refractivity contribution in [2.24, 2.45) is 0 Å². The van der Waals surface area contributed by atoms with Crippen molar-refractivity contribution in [2.45, 2.75) is 37.8 Å². The maximum atomic E-state index is 11.6. The van der Waals surface area contributed by atoms with Crippen LogP contribution in [0.2, 0.25) is 0 Å². The fourth-order valence-corrected chi connectivity index (χ4v) is 3.28. The lowest BCUT2D eigenvalue weighted by atomic mass is 9.78. The topological polar surface area (TPSA) is 47.6 Å². The average Bonchev–Trinajstić information content (AvgIpc) is 3.11. The van der Waals surface area contributed by atoms with Gasteiger partial charge in [0.05, 0.1) is 7.11 Å². The quantitative estimate of drug-likeness (QED) is 0.849. The minimum Gasteiger partial charge on any atom is -0.489 e. The molecule has 0 unspecified atom stereocenters. The first kappa shape index (κ1) is 17.5. The molecule has 1 N–H and O–H groups in total. The standard InChI is InChI=1S/C21H25NO3/c1-21(2,15-7-5-4-6-8-15)16-9-11-17(12-10-16)25-18-13-19(22-14-18)20(23)24-3/h4-12,18-19,22H,13-14H2,1-3H3/t18-,19-/m1/s1. The van der Waals surface area contributed by atoms with Crippen LogP contribution < -0.4 is 10.1 Å². The van der Waals surface area contributed by atoms with Crippen LogP contribution in [0.4, 0.5) is 0 Å². The maximum absolute atomic E-state index is 11.6. The summed E-state index contributed by atoms with van der Waals surface area (Å²) >= 11 is 0. The Morgan fingerprint density at radius 2 is 1.68 bits per heavy atom. The van der Waals surface area contributed by atoms with E-state index in [9.17, 15) is 4.79 Å². The zero-order chi connectivity index (χ0) is 17.9. The molecule has 0 radical (unpaired) electrons. The van der Waals surface area contributed by atoms with Crippen molar-refractivity contribution in [2.75, 3.05) is 13.7 Å². The van der Waals surface area contributed by atoms with Crippen molar-refractivity contribution in [3.05, 3.63) is 65.7 Å². The number of methoxy groups -OCH3 is 1. The third-order valence-electron chi connectivity index (χ3n) is 4.95. The highest BCUT2D eigenvalue weighted by atomic mass is 16.5. The highest BCUT2D eigenvalue weighted by molar-refractivity contribution is 5.76. The molecule has 4 nitrogen and oxygen atoms in total. The molecule has 4 heteroatoms. The van der Waals surface area contributed by atoms with E-state index >= 15 is 0 Å². The second kappa shape index (κ2) is 7.28. The average molecular weight is 339 g/mol. The highest BCUT2D eigenvalue weighted by Crippen LogP contribution is 2.32. The smallest absolute Gasteiger partial charge is 0.323 e. The molecule has 2 aromatic carbocycles. The van der Waals surface area contributed by atoms with Crippen LogP contribution >= 0.6 is 0 Å². The van der Waals surface area contributed by atoms with Crippen LogP contribution in [0.1, 0.15) is 31.4 Å². The summed E-state index contributed by atoms with van der Waals surface area (Å²) < 4.78 is 10.8. The van der Waals surface area contributed by atoms with Crippen LogP contribution in [0, 0.1) is 0 Å². The Morgan fingerprint density at radius 3 is 2.32 bits per heavy atom. The number of benzene rings is 2. The van der Waals surface area contributed by atoms with E-state index in [0.29, 0.717) is 13.0 Å². The van der Waals surface area contributed by atoms with E-state index in [1.807, 2.05) is 18.2 Å². The number of esters is 1. The van der Waals surface area contributed by atoms with E-state index in [0.717, 1.165) is 5.75 Å². The number of carbonyl (C=O) groups is 1. The van der Waals surface area contributed by atoms with Crippen molar-refractivity contribution >= 4 is 5.97 Å². The van der Waals surface area contributed by atoms with Crippen molar-refractivity contribution in [3.63, 3.8) is 0 Å². The Bertz CT molecular complexity index is 710. The number of rotatable bonds is 5. The molecule has 2 aromatic rings. The predicted molar refractivity (Wildman–Crippen MR) is 97.9 cm³/mol. The molecule has 1 aliphatic rings. The van der Waals surface area contributed by atoms with E-state index < -0.39 is 0 Å². The number of hydrogen-bond donors (Lipinski definition) is 1. The summed E-state index contributed by atoms with van der Waals surface area (Å²) in [5.74, 6) is 0.594. The normalized spacial score (nSPS) is 20.3. The molecule has 1 fully saturated rings. The molecule has 132 valence electrons. The lowest BCUT2D eigenvalue weighted by Crippen LogP contribution is -2.31. The largest absolute Gasteiger partial charge is 0.489 e. The first-order valence-corrected chi connectivity index (χ1v) is 8.64. The summed E-state index contributed by atoms with van der Waals surface area (Å²) in [6.07, 6.45) is 0.612. The molecule has 25 heavy (non-hydrogen) atoms. The zero-order valence-corrected chi connectivity index (χ0v) is 15.0. The van der Waals surface area contributed by atoms with Gasteiger partial charge in [-0.2, -0.15) is 0 Å². The second-order valence-electron chi connectivity index (χ2n) is 6.97. The van der Waals surface area contributed by atoms with Gasteiger partial charge in [-0.05, 0) is 23.3 Å². The first-order valence-electron chi connectivity index (χ1n) is 8.64. The summed E-state index contributed by atoms with van der Waals surface area (Å²) in [4.78, 5) is 11.6. The molecule has 1 saturated heterocycles. The van der Waals surface area contributed by atoms with Crippen LogP contribution in [0.25, 0.3) is 0 Å². The molecule has 1 heterocycles. The molecule has 0 aliphatic carbocycles. The van der Waals surface area contributed by atoms with E-state index in [4.69, 9.17) is 9.47 Å². The second-order valence-corrected chi connectivity index (χ2v) is 6.97. The van der Waals surface area contributed by atoms with Gasteiger partial charge in [-0.1, -0.05) is 56.3 Å². The fraction of sp³-hybridized carbons (Fsp3) is 0.381. The summed E-state index contributed by atoms with van der Waals surface area (Å²) in [7, 11) is 1.41. The number of nitrogens with one attached hydrogen (secondary N) is 1. The van der Waals surface area contributed by atoms with Gasteiger partial charge in [0.1, 0.15) is 17.9 Å². The van der Waals surface area contributed by atoms with Gasteiger partial charge in [-0.15, -0.1) is 0 Å². The van der Waals surface area contributed by atoms with Gasteiger partial charge >= 0.3 is 5.97 Å².